The average Bonchev–Trinajstić information content (AvgIpc) is 2.48. The summed E-state index contributed by atoms with van der Waals surface area (Å²) < 4.78 is -1.47. The molecule has 1 nitrogen and oxygen atoms in total. The quantitative estimate of drug-likeness (QED) is 0.652. The Morgan fingerprint density at radius 1 is 0.750 bits per heavy atom. The van der Waals surface area contributed by atoms with E-state index in [1.54, 1.807) is 0 Å². The van der Waals surface area contributed by atoms with Gasteiger partial charge in [-0.05, 0) is 25.0 Å². The highest BCUT2D eigenvalue weighted by Gasteiger charge is 2.44. The summed E-state index contributed by atoms with van der Waals surface area (Å²) in [7, 11) is 0. The van der Waals surface area contributed by atoms with Crippen LogP contribution >= 0.6 is 31.9 Å². The van der Waals surface area contributed by atoms with Gasteiger partial charge in [-0.25, -0.2) is 0 Å². The van der Waals surface area contributed by atoms with Gasteiger partial charge in [0.15, 0.2) is 5.78 Å². The van der Waals surface area contributed by atoms with Crippen molar-refractivity contribution in [2.24, 2.45) is 0 Å². The van der Waals surface area contributed by atoms with Crippen molar-refractivity contribution in [1.29, 1.82) is 0 Å². The molecule has 0 bridgehead atoms. The van der Waals surface area contributed by atoms with Crippen LogP contribution in [0.15, 0.2) is 60.7 Å². The van der Waals surface area contributed by atoms with E-state index in [4.69, 9.17) is 0 Å². The van der Waals surface area contributed by atoms with Gasteiger partial charge in [-0.15, -0.1) is 0 Å². The van der Waals surface area contributed by atoms with Crippen molar-refractivity contribution in [3.63, 3.8) is 0 Å². The van der Waals surface area contributed by atoms with E-state index in [1.165, 1.54) is 0 Å². The molecule has 2 aromatic rings. The second-order valence-electron chi connectivity index (χ2n) is 5.07. The number of Topliss-reactive ketones (excluding diaryl/α,β-unsaturated/α-hetero) is 1. The third kappa shape index (κ3) is 2.89. The van der Waals surface area contributed by atoms with E-state index in [0.29, 0.717) is 0 Å². The van der Waals surface area contributed by atoms with E-state index < -0.39 is 8.65 Å². The summed E-state index contributed by atoms with van der Waals surface area (Å²) in [5.74, 6) is 0.0717. The number of hydrogen-bond acceptors (Lipinski definition) is 1. The molecule has 2 rings (SSSR count). The number of alkyl halides is 2. The standard InChI is InChI=1S/C17H16Br2O/c1-16(18,13-9-5-3-6-10-13)15(20)17(2,19)14-11-7-4-8-12-14/h3-12H,1-2H3. The molecule has 2 atom stereocenters. The number of benzene rings is 2. The second kappa shape index (κ2) is 5.82. The summed E-state index contributed by atoms with van der Waals surface area (Å²) in [5.41, 5.74) is 1.90. The summed E-state index contributed by atoms with van der Waals surface area (Å²) in [6, 6.07) is 19.5. The highest BCUT2D eigenvalue weighted by molar-refractivity contribution is 9.10. The Hall–Kier alpha value is -0.930. The predicted octanol–water partition coefficient (Wildman–Crippen LogP) is 5.18. The fourth-order valence-corrected chi connectivity index (χ4v) is 3.79. The molecule has 2 unspecified atom stereocenters. The number of ketones is 1. The molecule has 0 aliphatic heterocycles. The van der Waals surface area contributed by atoms with Crippen LogP contribution in [0.5, 0.6) is 0 Å². The molecular weight excluding hydrogens is 380 g/mol. The SMILES string of the molecule is CC(Br)(C(=O)C(C)(Br)c1ccccc1)c1ccccc1. The van der Waals surface area contributed by atoms with Crippen LogP contribution in [0, 0.1) is 0 Å². The van der Waals surface area contributed by atoms with Crippen LogP contribution in [0.4, 0.5) is 0 Å². The topological polar surface area (TPSA) is 17.1 Å². The molecule has 0 saturated carbocycles. The van der Waals surface area contributed by atoms with Crippen molar-refractivity contribution < 1.29 is 4.79 Å². The van der Waals surface area contributed by atoms with Crippen LogP contribution < -0.4 is 0 Å². The number of halogens is 2. The third-order valence-electron chi connectivity index (χ3n) is 3.48. The molecule has 0 amide bonds. The fourth-order valence-electron chi connectivity index (χ4n) is 2.21. The summed E-state index contributed by atoms with van der Waals surface area (Å²) in [5, 5.41) is 0. The van der Waals surface area contributed by atoms with Crippen molar-refractivity contribution >= 4 is 37.6 Å². The lowest BCUT2D eigenvalue weighted by Crippen LogP contribution is -2.38. The zero-order valence-electron chi connectivity index (χ0n) is 11.4. The zero-order valence-corrected chi connectivity index (χ0v) is 14.6. The van der Waals surface area contributed by atoms with Crippen molar-refractivity contribution in [3.05, 3.63) is 71.8 Å². The monoisotopic (exact) mass is 394 g/mol. The molecule has 0 N–H and O–H groups in total. The largest absolute Gasteiger partial charge is 0.296 e. The van der Waals surface area contributed by atoms with Gasteiger partial charge >= 0.3 is 0 Å². The summed E-state index contributed by atoms with van der Waals surface area (Å²) in [6.45, 7) is 3.79. The molecule has 0 fully saturated rings. The van der Waals surface area contributed by atoms with Crippen LogP contribution in [0.2, 0.25) is 0 Å². The maximum atomic E-state index is 13.0. The first-order valence-electron chi connectivity index (χ1n) is 6.40. The van der Waals surface area contributed by atoms with Gasteiger partial charge in [0.25, 0.3) is 0 Å². The number of carbonyl (C=O) groups excluding carboxylic acids is 1. The predicted molar refractivity (Wildman–Crippen MR) is 90.4 cm³/mol. The molecule has 104 valence electrons. The van der Waals surface area contributed by atoms with Crippen molar-refractivity contribution in [2.75, 3.05) is 0 Å². The average molecular weight is 396 g/mol. The lowest BCUT2D eigenvalue weighted by Gasteiger charge is -2.31. The number of carbonyl (C=O) groups is 1. The smallest absolute Gasteiger partial charge is 0.174 e. The van der Waals surface area contributed by atoms with E-state index in [-0.39, 0.29) is 5.78 Å². The Bertz CT molecular complexity index is 535. The minimum Gasteiger partial charge on any atom is -0.296 e. The Labute approximate surface area is 136 Å². The Kier molecular flexibility index (Phi) is 4.50. The highest BCUT2D eigenvalue weighted by atomic mass is 79.9. The molecule has 0 aliphatic rings. The van der Waals surface area contributed by atoms with E-state index in [9.17, 15) is 4.79 Å². The fraction of sp³-hybridized carbons (Fsp3) is 0.235. The van der Waals surface area contributed by atoms with Crippen LogP contribution in [0.25, 0.3) is 0 Å². The first-order chi connectivity index (χ1) is 9.37. The minimum atomic E-state index is -0.734. The van der Waals surface area contributed by atoms with Gasteiger partial charge in [0.2, 0.25) is 0 Å². The van der Waals surface area contributed by atoms with E-state index >= 15 is 0 Å². The maximum absolute atomic E-state index is 13.0. The molecule has 0 radical (unpaired) electrons. The van der Waals surface area contributed by atoms with E-state index in [1.807, 2.05) is 74.5 Å². The van der Waals surface area contributed by atoms with Crippen LogP contribution in [-0.4, -0.2) is 5.78 Å². The van der Waals surface area contributed by atoms with Crippen LogP contribution in [0.1, 0.15) is 25.0 Å². The molecule has 3 heteroatoms. The summed E-state index contributed by atoms with van der Waals surface area (Å²) in [4.78, 5) is 13.0. The van der Waals surface area contributed by atoms with E-state index in [2.05, 4.69) is 31.9 Å². The second-order valence-corrected chi connectivity index (χ2v) is 8.24. The van der Waals surface area contributed by atoms with Gasteiger partial charge < -0.3 is 0 Å². The van der Waals surface area contributed by atoms with Gasteiger partial charge in [-0.2, -0.15) is 0 Å². The lowest BCUT2D eigenvalue weighted by molar-refractivity contribution is -0.123. The Balaban J connectivity index is 2.40. The molecular formula is C17H16Br2O. The van der Waals surface area contributed by atoms with Gasteiger partial charge in [-0.3, -0.25) is 4.79 Å². The number of rotatable bonds is 4. The summed E-state index contributed by atoms with van der Waals surface area (Å²) >= 11 is 7.22. The summed E-state index contributed by atoms with van der Waals surface area (Å²) in [6.07, 6.45) is 0. The van der Waals surface area contributed by atoms with E-state index in [0.717, 1.165) is 11.1 Å². The normalized spacial score (nSPS) is 17.0. The zero-order chi connectivity index (χ0) is 14.8. The third-order valence-corrected chi connectivity index (χ3v) is 5.12. The molecule has 20 heavy (non-hydrogen) atoms. The van der Waals surface area contributed by atoms with Gasteiger partial charge in [0.05, 0.1) is 0 Å². The molecule has 0 aliphatic carbocycles. The van der Waals surface area contributed by atoms with Crippen molar-refractivity contribution in [1.82, 2.24) is 0 Å². The molecule has 0 saturated heterocycles. The van der Waals surface area contributed by atoms with Crippen molar-refractivity contribution in [3.8, 4) is 0 Å². The minimum absolute atomic E-state index is 0.0717. The van der Waals surface area contributed by atoms with Gasteiger partial charge in [0.1, 0.15) is 8.65 Å². The first-order valence-corrected chi connectivity index (χ1v) is 7.99. The van der Waals surface area contributed by atoms with Gasteiger partial charge in [0, 0.05) is 0 Å². The number of hydrogen-bond donors (Lipinski definition) is 0. The lowest BCUT2D eigenvalue weighted by atomic mass is 9.85. The van der Waals surface area contributed by atoms with Crippen molar-refractivity contribution in [2.45, 2.75) is 22.5 Å². The molecule has 0 aromatic heterocycles. The first kappa shape index (κ1) is 15.5. The van der Waals surface area contributed by atoms with Crippen LogP contribution in [-0.2, 0) is 13.4 Å². The molecule has 0 heterocycles. The maximum Gasteiger partial charge on any atom is 0.174 e. The molecule has 0 spiro atoms. The Morgan fingerprint density at radius 3 is 1.35 bits per heavy atom. The highest BCUT2D eigenvalue weighted by Crippen LogP contribution is 2.43. The van der Waals surface area contributed by atoms with Crippen LogP contribution in [0.3, 0.4) is 0 Å². The molecule has 2 aromatic carbocycles. The Morgan fingerprint density at radius 2 is 1.05 bits per heavy atom. The van der Waals surface area contributed by atoms with Gasteiger partial charge in [-0.1, -0.05) is 92.5 Å².